The van der Waals surface area contributed by atoms with E-state index in [4.69, 9.17) is 0 Å². The first-order chi connectivity index (χ1) is 9.21. The van der Waals surface area contributed by atoms with Crippen LogP contribution in [0.3, 0.4) is 0 Å². The zero-order valence-corrected chi connectivity index (χ0v) is 12.1. The quantitative estimate of drug-likeness (QED) is 0.893. The van der Waals surface area contributed by atoms with Crippen molar-refractivity contribution < 1.29 is 0 Å². The molecule has 1 unspecified atom stereocenters. The Labute approximate surface area is 115 Å². The van der Waals surface area contributed by atoms with Crippen LogP contribution in [0, 0.1) is 0 Å². The number of nitrogens with zero attached hydrogens (tertiary/aromatic N) is 4. The number of aromatic nitrogens is 3. The molecule has 5 heteroatoms. The van der Waals surface area contributed by atoms with Crippen molar-refractivity contribution in [3.63, 3.8) is 0 Å². The molecule has 1 saturated carbocycles. The van der Waals surface area contributed by atoms with Crippen LogP contribution < -0.4 is 5.32 Å². The van der Waals surface area contributed by atoms with Crippen LogP contribution in [0.15, 0.2) is 6.20 Å². The molecule has 2 fully saturated rings. The fourth-order valence-electron chi connectivity index (χ4n) is 3.69. The van der Waals surface area contributed by atoms with E-state index in [1.54, 1.807) is 4.68 Å². The smallest absolute Gasteiger partial charge is 0.0967 e. The summed E-state index contributed by atoms with van der Waals surface area (Å²) in [5.74, 6) is 0. The minimum atomic E-state index is 0.383. The Morgan fingerprint density at radius 3 is 2.84 bits per heavy atom. The van der Waals surface area contributed by atoms with Gasteiger partial charge in [-0.25, -0.2) is 0 Å². The average Bonchev–Trinajstić information content (AvgIpc) is 3.00. The maximum atomic E-state index is 4.24. The van der Waals surface area contributed by atoms with Crippen LogP contribution in [0.2, 0.25) is 0 Å². The molecule has 1 aromatic heterocycles. The Morgan fingerprint density at radius 1 is 1.42 bits per heavy atom. The monoisotopic (exact) mass is 263 g/mol. The molecule has 1 atom stereocenters. The minimum Gasteiger partial charge on any atom is -0.308 e. The molecule has 1 aliphatic heterocycles. The molecule has 1 saturated heterocycles. The summed E-state index contributed by atoms with van der Waals surface area (Å²) in [4.78, 5) is 2.62. The van der Waals surface area contributed by atoms with Gasteiger partial charge in [-0.15, -0.1) is 5.10 Å². The number of nitrogens with one attached hydrogen (secondary N) is 1. The second kappa shape index (κ2) is 5.21. The van der Waals surface area contributed by atoms with Gasteiger partial charge in [-0.2, -0.15) is 0 Å². The van der Waals surface area contributed by atoms with Crippen molar-refractivity contribution >= 4 is 0 Å². The van der Waals surface area contributed by atoms with Gasteiger partial charge in [0.1, 0.15) is 0 Å². The van der Waals surface area contributed by atoms with Crippen LogP contribution >= 0.6 is 0 Å². The predicted molar refractivity (Wildman–Crippen MR) is 74.7 cm³/mol. The van der Waals surface area contributed by atoms with E-state index in [1.165, 1.54) is 38.6 Å². The third-order valence-corrected chi connectivity index (χ3v) is 4.78. The average molecular weight is 263 g/mol. The van der Waals surface area contributed by atoms with Crippen molar-refractivity contribution in [2.75, 3.05) is 13.1 Å². The van der Waals surface area contributed by atoms with Crippen LogP contribution in [0.5, 0.6) is 0 Å². The van der Waals surface area contributed by atoms with Gasteiger partial charge in [0, 0.05) is 44.5 Å². The van der Waals surface area contributed by atoms with Crippen molar-refractivity contribution in [3.05, 3.63) is 11.9 Å². The number of piperazine rings is 1. The lowest BCUT2D eigenvalue weighted by Gasteiger charge is -2.46. The summed E-state index contributed by atoms with van der Waals surface area (Å²) in [6.07, 6.45) is 8.66. The third kappa shape index (κ3) is 2.67. The van der Waals surface area contributed by atoms with Crippen LogP contribution in [0.25, 0.3) is 0 Å². The summed E-state index contributed by atoms with van der Waals surface area (Å²) < 4.78 is 1.80. The molecule has 0 radical (unpaired) electrons. The summed E-state index contributed by atoms with van der Waals surface area (Å²) in [6.45, 7) is 5.51. The Bertz CT molecular complexity index is 421. The van der Waals surface area contributed by atoms with Crippen molar-refractivity contribution in [2.45, 2.75) is 57.2 Å². The highest BCUT2D eigenvalue weighted by atomic mass is 15.4. The fraction of sp³-hybridized carbons (Fsp3) is 0.857. The highest BCUT2D eigenvalue weighted by molar-refractivity contribution is 5.03. The molecular formula is C14H25N5. The lowest BCUT2D eigenvalue weighted by atomic mass is 9.91. The number of rotatable bonds is 3. The topological polar surface area (TPSA) is 46.0 Å². The zero-order valence-electron chi connectivity index (χ0n) is 12.1. The maximum Gasteiger partial charge on any atom is 0.0967 e. The number of hydrogen-bond donors (Lipinski definition) is 1. The second-order valence-electron chi connectivity index (χ2n) is 6.22. The first-order valence-electron chi connectivity index (χ1n) is 7.55. The Balaban J connectivity index is 1.71. The first-order valence-corrected chi connectivity index (χ1v) is 7.55. The lowest BCUT2D eigenvalue weighted by molar-refractivity contribution is 0.0707. The van der Waals surface area contributed by atoms with E-state index in [-0.39, 0.29) is 0 Å². The first kappa shape index (κ1) is 13.1. The third-order valence-electron chi connectivity index (χ3n) is 4.78. The summed E-state index contributed by atoms with van der Waals surface area (Å²) >= 11 is 0. The van der Waals surface area contributed by atoms with Gasteiger partial charge >= 0.3 is 0 Å². The molecule has 0 bridgehead atoms. The Hall–Kier alpha value is -0.940. The molecule has 2 aliphatic rings. The molecule has 1 aromatic rings. The van der Waals surface area contributed by atoms with Gasteiger partial charge in [0.25, 0.3) is 0 Å². The molecule has 0 aromatic carbocycles. The molecule has 3 rings (SSSR count). The van der Waals surface area contributed by atoms with Crippen molar-refractivity contribution in [1.29, 1.82) is 0 Å². The molecule has 1 aliphatic carbocycles. The molecule has 1 N–H and O–H groups in total. The van der Waals surface area contributed by atoms with Gasteiger partial charge in [-0.1, -0.05) is 25.0 Å². The lowest BCUT2D eigenvalue weighted by Crippen LogP contribution is -2.62. The van der Waals surface area contributed by atoms with E-state index >= 15 is 0 Å². The van der Waals surface area contributed by atoms with Gasteiger partial charge in [0.2, 0.25) is 0 Å². The second-order valence-corrected chi connectivity index (χ2v) is 6.22. The molecule has 1 spiro atoms. The highest BCUT2D eigenvalue weighted by Crippen LogP contribution is 2.34. The SMILES string of the molecule is CCC1CNC2(CCCC2)CN1Cc1cn(C)nn1. The minimum absolute atomic E-state index is 0.383. The van der Waals surface area contributed by atoms with E-state index in [0.717, 1.165) is 18.8 Å². The molecular weight excluding hydrogens is 238 g/mol. The summed E-state index contributed by atoms with van der Waals surface area (Å²) in [5, 5.41) is 12.1. The largest absolute Gasteiger partial charge is 0.308 e. The van der Waals surface area contributed by atoms with Crippen LogP contribution in [0.4, 0.5) is 0 Å². The van der Waals surface area contributed by atoms with E-state index in [9.17, 15) is 0 Å². The van der Waals surface area contributed by atoms with Crippen LogP contribution in [0.1, 0.15) is 44.7 Å². The number of aryl methyl sites for hydroxylation is 1. The van der Waals surface area contributed by atoms with E-state index < -0.39 is 0 Å². The van der Waals surface area contributed by atoms with E-state index in [0.29, 0.717) is 11.6 Å². The van der Waals surface area contributed by atoms with Gasteiger partial charge in [0.15, 0.2) is 0 Å². The predicted octanol–water partition coefficient (Wildman–Crippen LogP) is 1.31. The summed E-state index contributed by atoms with van der Waals surface area (Å²) in [5.41, 5.74) is 1.48. The van der Waals surface area contributed by atoms with E-state index in [1.807, 2.05) is 13.2 Å². The summed E-state index contributed by atoms with van der Waals surface area (Å²) in [7, 11) is 1.93. The van der Waals surface area contributed by atoms with Gasteiger partial charge < -0.3 is 5.32 Å². The van der Waals surface area contributed by atoms with Gasteiger partial charge in [-0.3, -0.25) is 9.58 Å². The van der Waals surface area contributed by atoms with Crippen LogP contribution in [-0.2, 0) is 13.6 Å². The van der Waals surface area contributed by atoms with Crippen molar-refractivity contribution in [3.8, 4) is 0 Å². The highest BCUT2D eigenvalue weighted by Gasteiger charge is 2.40. The standard InChI is InChI=1S/C14H25N5/c1-3-13-8-15-14(6-4-5-7-14)11-19(13)10-12-9-18(2)17-16-12/h9,13,15H,3-8,10-11H2,1-2H3. The molecule has 5 nitrogen and oxygen atoms in total. The van der Waals surface area contributed by atoms with Gasteiger partial charge in [0.05, 0.1) is 5.69 Å². The Kier molecular flexibility index (Phi) is 3.58. The molecule has 2 heterocycles. The zero-order chi connectivity index (χ0) is 13.3. The Morgan fingerprint density at radius 2 is 2.21 bits per heavy atom. The molecule has 0 amide bonds. The summed E-state index contributed by atoms with van der Waals surface area (Å²) in [6, 6.07) is 0.633. The van der Waals surface area contributed by atoms with Gasteiger partial charge in [-0.05, 0) is 19.3 Å². The molecule has 106 valence electrons. The fourth-order valence-corrected chi connectivity index (χ4v) is 3.69. The van der Waals surface area contributed by atoms with Crippen molar-refractivity contribution in [1.82, 2.24) is 25.2 Å². The van der Waals surface area contributed by atoms with Crippen molar-refractivity contribution in [2.24, 2.45) is 7.05 Å². The van der Waals surface area contributed by atoms with E-state index in [2.05, 4.69) is 27.5 Å². The van der Waals surface area contributed by atoms with Crippen LogP contribution in [-0.4, -0.2) is 44.6 Å². The molecule has 19 heavy (non-hydrogen) atoms. The number of hydrogen-bond acceptors (Lipinski definition) is 4. The maximum absolute atomic E-state index is 4.24. The normalized spacial score (nSPS) is 27.2.